The highest BCUT2D eigenvalue weighted by Gasteiger charge is 2.21. The van der Waals surface area contributed by atoms with E-state index in [0.29, 0.717) is 34.9 Å². The third-order valence-corrected chi connectivity index (χ3v) is 19.5. The van der Waals surface area contributed by atoms with Crippen LogP contribution in [0.2, 0.25) is 0 Å². The van der Waals surface area contributed by atoms with E-state index < -0.39 is 0 Å². The average molecular weight is 1250 g/mol. The molecule has 0 fully saturated rings. The average Bonchev–Trinajstić information content (AvgIpc) is 1.32. The van der Waals surface area contributed by atoms with Crippen LogP contribution < -0.4 is 0 Å². The van der Waals surface area contributed by atoms with Gasteiger partial charge < -0.3 is 8.83 Å². The minimum atomic E-state index is 0.577. The van der Waals surface area contributed by atoms with Crippen LogP contribution >= 0.6 is 0 Å². The Morgan fingerprint density at radius 1 is 0.153 bits per heavy atom. The molecule has 0 spiro atoms. The molecule has 8 heteroatoms. The van der Waals surface area contributed by atoms with Crippen LogP contribution in [0.1, 0.15) is 0 Å². The lowest BCUT2D eigenvalue weighted by atomic mass is 9.89. The van der Waals surface area contributed by atoms with E-state index in [1.807, 2.05) is 66.7 Å². The SMILES string of the molecule is c1ccc(-c2ccc3cc4oc5ccc(-c6nc(-c7ccccc7)nc(-c7cccc8c(-c9ccc%10c(-c%11ccc%12cc%13oc%14ccc(-c%15nc(-c%16ccccc%16)nc(-c%16ccc%17ccccc%17c%16)n%15)cc%14c%13cc%12c%11)cc%11ccccc%11c%10c9)cccc78)n6)cc5c4cc3c2)cc1. The molecule has 98 heavy (non-hydrogen) atoms. The normalized spacial score (nSPS) is 11.9. The van der Waals surface area contributed by atoms with E-state index in [2.05, 4.69) is 249 Å². The van der Waals surface area contributed by atoms with Gasteiger partial charge in [0, 0.05) is 54.9 Å². The van der Waals surface area contributed by atoms with Gasteiger partial charge in [-0.2, -0.15) is 0 Å². The molecule has 4 heterocycles. The number of hydrogen-bond acceptors (Lipinski definition) is 8. The first-order valence-electron chi connectivity index (χ1n) is 32.9. The smallest absolute Gasteiger partial charge is 0.164 e. The van der Waals surface area contributed by atoms with Crippen molar-refractivity contribution in [1.29, 1.82) is 0 Å². The Kier molecular flexibility index (Phi) is 12.5. The van der Waals surface area contributed by atoms with Crippen LogP contribution in [-0.4, -0.2) is 29.9 Å². The van der Waals surface area contributed by atoms with Crippen LogP contribution in [0.5, 0.6) is 0 Å². The molecular weight excluding hydrogens is 1200 g/mol. The van der Waals surface area contributed by atoms with Gasteiger partial charge in [0.2, 0.25) is 0 Å². The zero-order valence-electron chi connectivity index (χ0n) is 52.5. The summed E-state index contributed by atoms with van der Waals surface area (Å²) in [5.41, 5.74) is 15.5. The summed E-state index contributed by atoms with van der Waals surface area (Å²) in [7, 11) is 0. The van der Waals surface area contributed by atoms with Crippen molar-refractivity contribution in [2.75, 3.05) is 0 Å². The van der Waals surface area contributed by atoms with Crippen molar-refractivity contribution in [3.05, 3.63) is 315 Å². The molecule has 20 aromatic rings. The number of hydrogen-bond donors (Lipinski definition) is 0. The predicted molar refractivity (Wildman–Crippen MR) is 402 cm³/mol. The second-order valence-electron chi connectivity index (χ2n) is 25.3. The monoisotopic (exact) mass is 1250 g/mol. The van der Waals surface area contributed by atoms with Gasteiger partial charge in [-0.05, 0) is 189 Å². The zero-order valence-corrected chi connectivity index (χ0v) is 52.5. The Bertz CT molecular complexity index is 6680. The lowest BCUT2D eigenvalue weighted by molar-refractivity contribution is 0.669. The molecule has 0 N–H and O–H groups in total. The van der Waals surface area contributed by atoms with Crippen molar-refractivity contribution in [3.8, 4) is 102 Å². The topological polar surface area (TPSA) is 104 Å². The van der Waals surface area contributed by atoms with Gasteiger partial charge in [-0.25, -0.2) is 29.9 Å². The number of benzene rings is 16. The molecule has 0 saturated carbocycles. The van der Waals surface area contributed by atoms with Gasteiger partial charge in [-0.3, -0.25) is 0 Å². The Labute approximate surface area is 561 Å². The molecule has 0 radical (unpaired) electrons. The molecule has 0 atom stereocenters. The summed E-state index contributed by atoms with van der Waals surface area (Å²) >= 11 is 0. The fourth-order valence-electron chi connectivity index (χ4n) is 14.6. The van der Waals surface area contributed by atoms with Crippen molar-refractivity contribution in [3.63, 3.8) is 0 Å². The van der Waals surface area contributed by atoms with E-state index in [1.165, 1.54) is 32.7 Å². The van der Waals surface area contributed by atoms with E-state index >= 15 is 0 Å². The largest absolute Gasteiger partial charge is 0.456 e. The zero-order chi connectivity index (χ0) is 64.4. The molecule has 0 saturated heterocycles. The van der Waals surface area contributed by atoms with Crippen LogP contribution in [0.15, 0.2) is 324 Å². The van der Waals surface area contributed by atoms with E-state index in [4.69, 9.17) is 38.7 Å². The third-order valence-electron chi connectivity index (χ3n) is 19.5. The van der Waals surface area contributed by atoms with Gasteiger partial charge in [0.05, 0.1) is 0 Å². The summed E-state index contributed by atoms with van der Waals surface area (Å²) in [4.78, 5) is 31.1. The molecule has 0 aliphatic rings. The molecule has 16 aromatic carbocycles. The summed E-state index contributed by atoms with van der Waals surface area (Å²) < 4.78 is 13.2. The highest BCUT2D eigenvalue weighted by molar-refractivity contribution is 6.18. The molecule has 8 nitrogen and oxygen atoms in total. The van der Waals surface area contributed by atoms with Crippen LogP contribution in [-0.2, 0) is 0 Å². The molecule has 454 valence electrons. The first kappa shape index (κ1) is 55.2. The lowest BCUT2D eigenvalue weighted by Crippen LogP contribution is -2.00. The number of nitrogens with zero attached hydrogens (tertiary/aromatic N) is 6. The summed E-state index contributed by atoms with van der Waals surface area (Å²) in [5.74, 6) is 3.58. The molecule has 4 aromatic heterocycles. The quantitative estimate of drug-likeness (QED) is 0.132. The van der Waals surface area contributed by atoms with Gasteiger partial charge in [-0.15, -0.1) is 0 Å². The van der Waals surface area contributed by atoms with Crippen LogP contribution in [0.3, 0.4) is 0 Å². The number of aromatic nitrogens is 6. The first-order valence-corrected chi connectivity index (χ1v) is 32.9. The van der Waals surface area contributed by atoms with Gasteiger partial charge in [0.25, 0.3) is 0 Å². The molecule has 0 aliphatic heterocycles. The fraction of sp³-hybridized carbons (Fsp3) is 0. The maximum absolute atomic E-state index is 6.62. The van der Waals surface area contributed by atoms with E-state index in [9.17, 15) is 0 Å². The summed E-state index contributed by atoms with van der Waals surface area (Å²) in [6.45, 7) is 0. The van der Waals surface area contributed by atoms with Gasteiger partial charge >= 0.3 is 0 Å². The van der Waals surface area contributed by atoms with Gasteiger partial charge in [-0.1, -0.05) is 224 Å². The molecule has 0 unspecified atom stereocenters. The summed E-state index contributed by atoms with van der Waals surface area (Å²) in [6.07, 6.45) is 0. The molecule has 20 rings (SSSR count). The summed E-state index contributed by atoms with van der Waals surface area (Å²) in [6, 6.07) is 111. The fourth-order valence-corrected chi connectivity index (χ4v) is 14.6. The highest BCUT2D eigenvalue weighted by Crippen LogP contribution is 2.44. The Morgan fingerprint density at radius 2 is 0.541 bits per heavy atom. The van der Waals surface area contributed by atoms with Gasteiger partial charge in [0.15, 0.2) is 34.9 Å². The van der Waals surface area contributed by atoms with Crippen molar-refractivity contribution >= 4 is 109 Å². The van der Waals surface area contributed by atoms with Crippen molar-refractivity contribution in [2.24, 2.45) is 0 Å². The minimum absolute atomic E-state index is 0.577. The molecule has 0 aliphatic carbocycles. The second kappa shape index (κ2) is 22.2. The maximum Gasteiger partial charge on any atom is 0.164 e. The van der Waals surface area contributed by atoms with Crippen LogP contribution in [0, 0.1) is 0 Å². The highest BCUT2D eigenvalue weighted by atomic mass is 16.3. The number of fused-ring (bicyclic) bond motifs is 13. The Morgan fingerprint density at radius 3 is 1.16 bits per heavy atom. The second-order valence-corrected chi connectivity index (χ2v) is 25.3. The standard InChI is InChI=1S/C90H52N6O2/c1-4-16-53(17-5-1)58-31-32-59-51-83-79(49-67(59)43-58)78-48-66(38-41-82(78)97-83)89-93-86(56-21-8-3-9-22-56)95-90(96-89)74-29-15-27-71-69(26-14-28-72(71)74)63-36-39-73-75(45-61-24-12-13-25-70(61)76(73)46-63)62-34-33-60-52-84-80(50-68(60)44-62)77-47-65(37-40-81(77)98-84)88-92-85(55-19-6-2-7-20-55)91-87(94-88)64-35-30-54-18-10-11-23-57(54)42-64/h1-52H. The van der Waals surface area contributed by atoms with E-state index in [1.54, 1.807) is 0 Å². The predicted octanol–water partition coefficient (Wildman–Crippen LogP) is 23.8. The Hall–Kier alpha value is -13.3. The third kappa shape index (κ3) is 9.37. The van der Waals surface area contributed by atoms with Crippen LogP contribution in [0.4, 0.5) is 0 Å². The number of furan rings is 2. The minimum Gasteiger partial charge on any atom is -0.456 e. The number of rotatable bonds is 9. The first-order chi connectivity index (χ1) is 48.5. The van der Waals surface area contributed by atoms with Gasteiger partial charge in [0.1, 0.15) is 22.3 Å². The van der Waals surface area contributed by atoms with Crippen molar-refractivity contribution in [1.82, 2.24) is 29.9 Å². The van der Waals surface area contributed by atoms with E-state index in [-0.39, 0.29) is 0 Å². The van der Waals surface area contributed by atoms with Crippen molar-refractivity contribution in [2.45, 2.75) is 0 Å². The van der Waals surface area contributed by atoms with Crippen LogP contribution in [0.25, 0.3) is 210 Å². The molecule has 0 bridgehead atoms. The molecule has 0 amide bonds. The molecular formula is C90H52N6O2. The van der Waals surface area contributed by atoms with Crippen molar-refractivity contribution < 1.29 is 8.83 Å². The van der Waals surface area contributed by atoms with E-state index in [0.717, 1.165) is 143 Å². The summed E-state index contributed by atoms with van der Waals surface area (Å²) in [5, 5.41) is 17.6. The maximum atomic E-state index is 6.62. The Balaban J connectivity index is 0.673. The lowest BCUT2D eigenvalue weighted by Gasteiger charge is -2.15.